The van der Waals surface area contributed by atoms with Gasteiger partial charge in [-0.1, -0.05) is 168 Å². The third kappa shape index (κ3) is 5.65. The van der Waals surface area contributed by atoms with Crippen molar-refractivity contribution in [3.8, 4) is 0 Å². The molecule has 276 valence electrons. The van der Waals surface area contributed by atoms with Gasteiger partial charge in [-0.2, -0.15) is 0 Å². The minimum Gasteiger partial charge on any atom is -0.374 e. The molecule has 0 aliphatic carbocycles. The lowest BCUT2D eigenvalue weighted by Crippen LogP contribution is -3.05. The maximum Gasteiger partial charge on any atom is 0.449 e. The van der Waals surface area contributed by atoms with Crippen LogP contribution >= 0.6 is 0 Å². The zero-order valence-corrected chi connectivity index (χ0v) is 35.9. The van der Waals surface area contributed by atoms with Crippen molar-refractivity contribution >= 4 is 38.8 Å². The molecule has 0 aromatic heterocycles. The Morgan fingerprint density at radius 3 is 0.981 bits per heavy atom. The molecule has 52 heavy (non-hydrogen) atoms. The number of hydrogen-bond donors (Lipinski definition) is 0. The van der Waals surface area contributed by atoms with Crippen LogP contribution in [0.1, 0.15) is 94.2 Å². The minimum atomic E-state index is -3.25. The quantitative estimate of drug-likeness (QED) is 0.184. The number of anilines is 4. The van der Waals surface area contributed by atoms with E-state index in [4.69, 9.17) is 4.43 Å². The first-order chi connectivity index (χ1) is 24.3. The molecule has 3 heterocycles. The van der Waals surface area contributed by atoms with Crippen LogP contribution in [0.25, 0.3) is 0 Å². The van der Waals surface area contributed by atoms with E-state index in [1.807, 2.05) is 0 Å². The molecule has 0 bridgehead atoms. The van der Waals surface area contributed by atoms with Gasteiger partial charge in [0.05, 0.1) is 22.7 Å². The van der Waals surface area contributed by atoms with Crippen LogP contribution in [-0.4, -0.2) is 42.3 Å². The van der Waals surface area contributed by atoms with Crippen LogP contribution in [0.2, 0.25) is 0 Å². The summed E-state index contributed by atoms with van der Waals surface area (Å²) < 4.78 is 20.3. The van der Waals surface area contributed by atoms with Gasteiger partial charge in [-0.05, 0) is 57.1 Å². The molecule has 1 saturated heterocycles. The van der Waals surface area contributed by atoms with Gasteiger partial charge in [-0.15, -0.1) is 0 Å². The molecule has 0 atom stereocenters. The van der Waals surface area contributed by atoms with Gasteiger partial charge in [0.15, 0.2) is 0 Å². The van der Waals surface area contributed by atoms with Gasteiger partial charge >= 0.3 is 16.1 Å². The normalized spacial score (nSPS) is 18.9. The van der Waals surface area contributed by atoms with E-state index in [1.165, 1.54) is 33.9 Å². The summed E-state index contributed by atoms with van der Waals surface area (Å²) in [6, 6.07) is 41.3. The van der Waals surface area contributed by atoms with Crippen molar-refractivity contribution in [3.05, 3.63) is 120 Å². The molecule has 0 saturated carbocycles. The Hall–Kier alpha value is -3.53. The average molecular weight is 731 g/mol. The summed E-state index contributed by atoms with van der Waals surface area (Å²) in [5.41, 5.74) is 8.00. The van der Waals surface area contributed by atoms with Crippen LogP contribution in [0.15, 0.2) is 109 Å². The fourth-order valence-electron chi connectivity index (χ4n) is 9.28. The van der Waals surface area contributed by atoms with Gasteiger partial charge in [0.2, 0.25) is 0 Å². The minimum absolute atomic E-state index is 0.0182. The van der Waals surface area contributed by atoms with Crippen molar-refractivity contribution in [2.45, 2.75) is 88.3 Å². The Kier molecular flexibility index (Phi) is 8.68. The van der Waals surface area contributed by atoms with Gasteiger partial charge in [0, 0.05) is 26.2 Å². The molecule has 3 aliphatic heterocycles. The Balaban J connectivity index is 1.71. The highest BCUT2D eigenvalue weighted by Crippen LogP contribution is 2.69. The van der Waals surface area contributed by atoms with Gasteiger partial charge in [0.25, 0.3) is 0 Å². The molecule has 0 radical (unpaired) electrons. The molecule has 5 nitrogen and oxygen atoms in total. The van der Waals surface area contributed by atoms with E-state index in [0.717, 1.165) is 26.2 Å². The van der Waals surface area contributed by atoms with Gasteiger partial charge in [-0.25, -0.2) is 0 Å². The van der Waals surface area contributed by atoms with Crippen molar-refractivity contribution in [1.82, 2.24) is 0 Å². The van der Waals surface area contributed by atoms with E-state index in [9.17, 15) is 0 Å². The molecule has 2 spiro atoms. The Bertz CT molecular complexity index is 1780. The van der Waals surface area contributed by atoms with Crippen molar-refractivity contribution in [3.63, 3.8) is 0 Å². The topological polar surface area (TPSA) is 22.2 Å². The molecule has 7 heteroatoms. The van der Waals surface area contributed by atoms with Crippen molar-refractivity contribution in [2.24, 2.45) is 21.7 Å². The second-order valence-corrected chi connectivity index (χ2v) is 30.0. The smallest absolute Gasteiger partial charge is 0.374 e. The zero-order chi connectivity index (χ0) is 37.5. The monoisotopic (exact) mass is 730 g/mol. The van der Waals surface area contributed by atoms with E-state index in [0.29, 0.717) is 0 Å². The Morgan fingerprint density at radius 1 is 0.404 bits per heavy atom. The molecular formula is C45H62N4OSi2. The maximum absolute atomic E-state index is 8.57. The molecule has 0 N–H and O–H groups in total. The first-order valence-corrected chi connectivity index (χ1v) is 24.0. The van der Waals surface area contributed by atoms with E-state index in [2.05, 4.69) is 211 Å². The Labute approximate surface area is 316 Å². The van der Waals surface area contributed by atoms with Crippen LogP contribution in [0.4, 0.5) is 22.7 Å². The molecule has 4 aromatic rings. The van der Waals surface area contributed by atoms with E-state index >= 15 is 0 Å². The first kappa shape index (κ1) is 36.8. The van der Waals surface area contributed by atoms with Crippen LogP contribution in [0.5, 0.6) is 0 Å². The lowest BCUT2D eigenvalue weighted by molar-refractivity contribution is 0.133. The number of nitrogens with zero attached hydrogens (tertiary/aromatic N) is 4. The molecule has 7 rings (SSSR count). The third-order valence-corrected chi connectivity index (χ3v) is 25.9. The van der Waals surface area contributed by atoms with Gasteiger partial charge in [-0.3, -0.25) is 0 Å². The van der Waals surface area contributed by atoms with Crippen LogP contribution < -0.4 is 18.3 Å². The molecular weight excluding hydrogens is 669 g/mol. The highest BCUT2D eigenvalue weighted by atomic mass is 29.3. The average Bonchev–Trinajstić information content (AvgIpc) is 3.46. The van der Waals surface area contributed by atoms with Crippen molar-refractivity contribution < 1.29 is 4.43 Å². The summed E-state index contributed by atoms with van der Waals surface area (Å²) in [5, 5.41) is -0.689. The predicted molar refractivity (Wildman–Crippen MR) is 226 cm³/mol. The molecule has 0 amide bonds. The largest absolute Gasteiger partial charge is 0.449 e. The fourth-order valence-corrected chi connectivity index (χ4v) is 30.0. The van der Waals surface area contributed by atoms with E-state index in [-0.39, 0.29) is 21.7 Å². The van der Waals surface area contributed by atoms with Crippen molar-refractivity contribution in [1.29, 1.82) is 0 Å². The predicted octanol–water partition coefficient (Wildman–Crippen LogP) is 10.8. The standard InChI is InChI=1S/C45H62N4OSi2/c1-41(2,3)31-46-37-27-19-20-28-38(37)47(32-42(4,5)6)51(46)45(35-23-15-13-16-24-35,36-25-17-14-18-26-36)50-52(51)48(33-43(7,8)9)39-29-21-22-30-40(39)49(52)34-44(10,11)12/h13-30H,31-34H2,1-12H3. The first-order valence-electron chi connectivity index (χ1n) is 19.4. The van der Waals surface area contributed by atoms with Crippen LogP contribution in [-0.2, 0) is 9.65 Å². The summed E-state index contributed by atoms with van der Waals surface area (Å²) in [5.74, 6) is 0. The van der Waals surface area contributed by atoms with Gasteiger partial charge in [0.1, 0.15) is 5.22 Å². The maximum atomic E-state index is 8.57. The highest BCUT2D eigenvalue weighted by Gasteiger charge is 2.95. The Morgan fingerprint density at radius 2 is 0.673 bits per heavy atom. The SMILES string of the molecule is CC(C)(C)CN1c2ccccc2N(CC(C)(C)C)[Si]12OC(c1ccccc1)(c1ccccc1)[Si]21N(CC(C)(C)C)c2ccccc2N1CC(C)(C)C. The molecule has 0 unspecified atom stereocenters. The third-order valence-electron chi connectivity index (χ3n) is 10.6. The zero-order valence-electron chi connectivity index (χ0n) is 33.9. The summed E-state index contributed by atoms with van der Waals surface area (Å²) in [6.45, 7) is 32.7. The van der Waals surface area contributed by atoms with E-state index in [1.54, 1.807) is 0 Å². The fraction of sp³-hybridized carbons (Fsp3) is 0.467. The molecule has 3 aliphatic rings. The van der Waals surface area contributed by atoms with Crippen LogP contribution in [0, 0.1) is 21.7 Å². The van der Waals surface area contributed by atoms with Gasteiger partial charge < -0.3 is 22.7 Å². The summed E-state index contributed by atoms with van der Waals surface area (Å²) in [6.07, 6.45) is 0. The second kappa shape index (κ2) is 12.3. The van der Waals surface area contributed by atoms with E-state index < -0.39 is 21.3 Å². The summed E-state index contributed by atoms with van der Waals surface area (Å²) >= 11 is 0. The molecule has 1 fully saturated rings. The number of rotatable bonds is 6. The summed E-state index contributed by atoms with van der Waals surface area (Å²) in [7, 11) is -6.48. The number of benzene rings is 4. The lowest BCUT2D eigenvalue weighted by atomic mass is 9.96. The summed E-state index contributed by atoms with van der Waals surface area (Å²) in [4.78, 5) is 0. The number of hydrogen-bond acceptors (Lipinski definition) is 5. The van der Waals surface area contributed by atoms with Crippen LogP contribution in [0.3, 0.4) is 0 Å². The lowest BCUT2D eigenvalue weighted by Gasteiger charge is -2.73. The number of para-hydroxylation sites is 4. The molecule has 4 aromatic carbocycles. The highest BCUT2D eigenvalue weighted by molar-refractivity contribution is 7.49. The second-order valence-electron chi connectivity index (χ2n) is 20.4. The van der Waals surface area contributed by atoms with Crippen molar-refractivity contribution in [2.75, 3.05) is 44.4 Å². The number of fused-ring (bicyclic) bond motifs is 3.